The standard InChI is InChI=1S/C43H49ClN6O6/c1-43(2,3)56-42(54)49(24-28-23-29(48(5)45-28)16-15-26-21-27-11-7-8-12-30(27)36(52)22-26)25-34-38(35-14-9-19-50(35)46-34)37-33(44)18-17-32-31(13-10-20-51)40(41(53)55-6)47(4)39(32)37/h7-8,11-12,17-18,21-23,51-52H,9-10,13-16,19-20,24-25H2,1-6H3. The van der Waals surface area contributed by atoms with Crippen LogP contribution in [0, 0.1) is 0 Å². The van der Waals surface area contributed by atoms with Gasteiger partial charge in [-0.2, -0.15) is 10.2 Å². The molecule has 0 unspecified atom stereocenters. The first-order chi connectivity index (χ1) is 26.8. The Morgan fingerprint density at radius 1 is 0.964 bits per heavy atom. The zero-order valence-electron chi connectivity index (χ0n) is 32.9. The highest BCUT2D eigenvalue weighted by Crippen LogP contribution is 2.44. The molecule has 3 aromatic heterocycles. The number of halogens is 1. The Morgan fingerprint density at radius 2 is 1.75 bits per heavy atom. The summed E-state index contributed by atoms with van der Waals surface area (Å²) in [7, 11) is 5.08. The number of fused-ring (bicyclic) bond motifs is 3. The van der Waals surface area contributed by atoms with Gasteiger partial charge in [-0.3, -0.25) is 14.3 Å². The van der Waals surface area contributed by atoms with Crippen molar-refractivity contribution in [3.05, 3.63) is 99.2 Å². The fraction of sp³-hybridized carbons (Fsp3) is 0.395. The van der Waals surface area contributed by atoms with Crippen LogP contribution in [0.4, 0.5) is 4.79 Å². The van der Waals surface area contributed by atoms with Gasteiger partial charge in [0, 0.05) is 60.5 Å². The van der Waals surface area contributed by atoms with Crippen molar-refractivity contribution in [2.75, 3.05) is 13.7 Å². The minimum Gasteiger partial charge on any atom is -0.507 e. The molecule has 0 saturated heterocycles. The van der Waals surface area contributed by atoms with E-state index < -0.39 is 17.7 Å². The SMILES string of the molecule is COC(=O)c1c(CCCO)c2ccc(Cl)c(-c3c(CN(Cc4cc(CCc5cc(O)c6ccccc6c5)n(C)n4)C(=O)OC(C)(C)C)nn4c3CCC4)c2n1C. The first kappa shape index (κ1) is 38.9. The predicted octanol–water partition coefficient (Wildman–Crippen LogP) is 7.67. The summed E-state index contributed by atoms with van der Waals surface area (Å²) in [5, 5.41) is 33.4. The molecule has 12 nitrogen and oxygen atoms in total. The summed E-state index contributed by atoms with van der Waals surface area (Å²) >= 11 is 7.13. The summed E-state index contributed by atoms with van der Waals surface area (Å²) in [6.07, 6.45) is 3.50. The molecule has 0 atom stereocenters. The number of phenols is 1. The van der Waals surface area contributed by atoms with Gasteiger partial charge in [0.15, 0.2) is 0 Å². The van der Waals surface area contributed by atoms with Crippen LogP contribution in [0.1, 0.15) is 78.0 Å². The minimum atomic E-state index is -0.748. The molecule has 0 spiro atoms. The number of aromatic nitrogens is 5. The number of hydrogen-bond donors (Lipinski definition) is 2. The van der Waals surface area contributed by atoms with Crippen LogP contribution in [0.25, 0.3) is 32.8 Å². The normalized spacial score (nSPS) is 12.8. The molecule has 1 amide bonds. The van der Waals surface area contributed by atoms with Gasteiger partial charge in [-0.15, -0.1) is 0 Å². The lowest BCUT2D eigenvalue weighted by molar-refractivity contribution is 0.0211. The molecular weight excluding hydrogens is 732 g/mol. The van der Waals surface area contributed by atoms with E-state index in [4.69, 9.17) is 31.3 Å². The maximum Gasteiger partial charge on any atom is 0.410 e. The molecule has 3 aromatic carbocycles. The third-order valence-corrected chi connectivity index (χ3v) is 10.8. The number of rotatable bonds is 12. The van der Waals surface area contributed by atoms with Crippen molar-refractivity contribution in [3.8, 4) is 16.9 Å². The maximum atomic E-state index is 14.0. The van der Waals surface area contributed by atoms with E-state index in [0.29, 0.717) is 47.8 Å². The molecule has 0 aliphatic carbocycles. The molecular formula is C43H49ClN6O6. The molecule has 4 heterocycles. The number of carbonyl (C=O) groups is 2. The van der Waals surface area contributed by atoms with Crippen LogP contribution in [0.5, 0.6) is 5.75 Å². The second-order valence-electron chi connectivity index (χ2n) is 15.5. The number of benzene rings is 3. The van der Waals surface area contributed by atoms with Gasteiger partial charge in [0.1, 0.15) is 17.0 Å². The van der Waals surface area contributed by atoms with Crippen molar-refractivity contribution in [1.29, 1.82) is 0 Å². The van der Waals surface area contributed by atoms with E-state index in [-0.39, 0.29) is 25.4 Å². The van der Waals surface area contributed by atoms with Crippen LogP contribution in [0.2, 0.25) is 5.02 Å². The van der Waals surface area contributed by atoms with Gasteiger partial charge in [0.25, 0.3) is 0 Å². The van der Waals surface area contributed by atoms with E-state index in [1.54, 1.807) is 4.90 Å². The molecule has 6 aromatic rings. The minimum absolute atomic E-state index is 0.0220. The second-order valence-corrected chi connectivity index (χ2v) is 15.9. The smallest absolute Gasteiger partial charge is 0.410 e. The van der Waals surface area contributed by atoms with Crippen molar-refractivity contribution in [3.63, 3.8) is 0 Å². The number of ether oxygens (including phenoxy) is 2. The van der Waals surface area contributed by atoms with Gasteiger partial charge in [-0.1, -0.05) is 48.0 Å². The van der Waals surface area contributed by atoms with Crippen molar-refractivity contribution in [2.45, 2.75) is 84.5 Å². The van der Waals surface area contributed by atoms with E-state index in [0.717, 1.165) is 74.7 Å². The van der Waals surface area contributed by atoms with Crippen LogP contribution in [0.3, 0.4) is 0 Å². The molecule has 56 heavy (non-hydrogen) atoms. The number of aromatic hydroxyl groups is 1. The van der Waals surface area contributed by atoms with Crippen LogP contribution < -0.4 is 0 Å². The predicted molar refractivity (Wildman–Crippen MR) is 216 cm³/mol. The number of methoxy groups -OCH3 is 1. The summed E-state index contributed by atoms with van der Waals surface area (Å²) in [5.41, 5.74) is 7.13. The van der Waals surface area contributed by atoms with Crippen molar-refractivity contribution < 1.29 is 29.3 Å². The first-order valence-electron chi connectivity index (χ1n) is 19.1. The summed E-state index contributed by atoms with van der Waals surface area (Å²) in [6.45, 7) is 6.51. The molecule has 294 valence electrons. The fourth-order valence-electron chi connectivity index (χ4n) is 8.03. The fourth-order valence-corrected chi connectivity index (χ4v) is 8.28. The zero-order valence-corrected chi connectivity index (χ0v) is 33.6. The van der Waals surface area contributed by atoms with Crippen LogP contribution >= 0.6 is 11.6 Å². The number of aliphatic hydroxyl groups is 1. The average Bonchev–Trinajstić information content (AvgIpc) is 3.90. The first-order valence-corrected chi connectivity index (χ1v) is 19.4. The number of aliphatic hydroxyl groups excluding tert-OH is 1. The summed E-state index contributed by atoms with van der Waals surface area (Å²) < 4.78 is 16.8. The van der Waals surface area contributed by atoms with E-state index >= 15 is 0 Å². The lowest BCUT2D eigenvalue weighted by Crippen LogP contribution is -2.36. The Kier molecular flexibility index (Phi) is 10.9. The topological polar surface area (TPSA) is 137 Å². The molecule has 2 N–H and O–H groups in total. The number of amides is 1. The molecule has 7 rings (SSSR count). The van der Waals surface area contributed by atoms with Crippen molar-refractivity contribution in [1.82, 2.24) is 29.0 Å². The van der Waals surface area contributed by atoms with E-state index in [9.17, 15) is 19.8 Å². The van der Waals surface area contributed by atoms with Gasteiger partial charge in [-0.25, -0.2) is 9.59 Å². The van der Waals surface area contributed by atoms with Crippen molar-refractivity contribution in [2.24, 2.45) is 14.1 Å². The quantitative estimate of drug-likeness (QED) is 0.121. The number of hydrogen-bond acceptors (Lipinski definition) is 8. The van der Waals surface area contributed by atoms with Gasteiger partial charge in [0.2, 0.25) is 0 Å². The zero-order chi connectivity index (χ0) is 39.9. The number of esters is 1. The third-order valence-electron chi connectivity index (χ3n) is 10.5. The number of phenolic OH excluding ortho intramolecular Hbond substituents is 1. The highest BCUT2D eigenvalue weighted by Gasteiger charge is 2.32. The summed E-state index contributed by atoms with van der Waals surface area (Å²) in [5.74, 6) is -0.211. The Morgan fingerprint density at radius 3 is 2.50 bits per heavy atom. The number of nitrogens with zero attached hydrogens (tertiary/aromatic N) is 6. The summed E-state index contributed by atoms with van der Waals surface area (Å²) in [4.78, 5) is 28.9. The van der Waals surface area contributed by atoms with E-state index in [2.05, 4.69) is 6.07 Å². The Hall–Kier alpha value is -5.33. The molecule has 0 bridgehead atoms. The van der Waals surface area contributed by atoms with Crippen LogP contribution in [0.15, 0.2) is 54.6 Å². The Balaban J connectivity index is 1.25. The molecule has 13 heteroatoms. The molecule has 0 saturated carbocycles. The van der Waals surface area contributed by atoms with Crippen molar-refractivity contribution >= 4 is 45.3 Å². The highest BCUT2D eigenvalue weighted by molar-refractivity contribution is 6.35. The van der Waals surface area contributed by atoms with Gasteiger partial charge in [-0.05, 0) is 94.0 Å². The maximum absolute atomic E-state index is 14.0. The molecule has 0 fully saturated rings. The van der Waals surface area contributed by atoms with Gasteiger partial charge in [0.05, 0.1) is 42.1 Å². The average molecular weight is 781 g/mol. The monoisotopic (exact) mass is 780 g/mol. The largest absolute Gasteiger partial charge is 0.507 e. The molecule has 1 aliphatic heterocycles. The highest BCUT2D eigenvalue weighted by atomic mass is 35.5. The molecule has 1 aliphatic rings. The summed E-state index contributed by atoms with van der Waals surface area (Å²) in [6, 6.07) is 17.5. The molecule has 0 radical (unpaired) electrons. The third kappa shape index (κ3) is 7.60. The lowest BCUT2D eigenvalue weighted by atomic mass is 9.97. The Bertz CT molecular complexity index is 2450. The number of carbonyl (C=O) groups excluding carboxylic acids is 2. The number of aryl methyl sites for hydroxylation is 6. The van der Waals surface area contributed by atoms with Gasteiger partial charge >= 0.3 is 12.1 Å². The second kappa shape index (κ2) is 15.7. The van der Waals surface area contributed by atoms with Gasteiger partial charge < -0.3 is 24.3 Å². The van der Waals surface area contributed by atoms with E-state index in [1.165, 1.54) is 7.11 Å². The Labute approximate surface area is 331 Å². The lowest BCUT2D eigenvalue weighted by Gasteiger charge is -2.27. The van der Waals surface area contributed by atoms with E-state index in [1.807, 2.05) is 97.3 Å². The van der Waals surface area contributed by atoms with Crippen LogP contribution in [-0.2, 0) is 68.9 Å². The van der Waals surface area contributed by atoms with Crippen LogP contribution in [-0.4, -0.2) is 70.6 Å².